The minimum atomic E-state index is -0.318. The molecule has 3 heterocycles. The SMILES string of the molecule is CC(C)(C)OC=O.CCc1cc(N)n(-c2ccc3c(c2)c2nn3-2)n1. The Morgan fingerprint density at radius 3 is 2.50 bits per heavy atom. The molecule has 0 radical (unpaired) electrons. The Balaban J connectivity index is 0.000000209. The molecule has 7 heteroatoms. The zero-order valence-corrected chi connectivity index (χ0v) is 14.3. The smallest absolute Gasteiger partial charge is 0.293 e. The second kappa shape index (κ2) is 5.67. The van der Waals surface area contributed by atoms with Gasteiger partial charge >= 0.3 is 0 Å². The predicted molar refractivity (Wildman–Crippen MR) is 92.4 cm³/mol. The molecule has 0 atom stereocenters. The van der Waals surface area contributed by atoms with Crippen LogP contribution in [-0.2, 0) is 16.0 Å². The number of fused-ring (bicyclic) bond motifs is 4. The second-order valence-corrected chi connectivity index (χ2v) is 6.59. The van der Waals surface area contributed by atoms with Crippen molar-refractivity contribution >= 4 is 23.2 Å². The van der Waals surface area contributed by atoms with E-state index in [4.69, 9.17) is 5.73 Å². The van der Waals surface area contributed by atoms with Crippen LogP contribution in [0.2, 0.25) is 0 Å². The Morgan fingerprint density at radius 2 is 1.96 bits per heavy atom. The predicted octanol–water partition coefficient (Wildman–Crippen LogP) is 2.63. The summed E-state index contributed by atoms with van der Waals surface area (Å²) in [6.45, 7) is 7.99. The number of benzene rings is 1. The third kappa shape index (κ3) is 2.97. The lowest BCUT2D eigenvalue weighted by molar-refractivity contribution is -0.138. The van der Waals surface area contributed by atoms with Crippen molar-refractivity contribution in [2.24, 2.45) is 0 Å². The number of anilines is 1. The van der Waals surface area contributed by atoms with Crippen molar-refractivity contribution in [1.29, 1.82) is 0 Å². The molecule has 4 rings (SSSR count). The summed E-state index contributed by atoms with van der Waals surface area (Å²) < 4.78 is 8.26. The van der Waals surface area contributed by atoms with Crippen LogP contribution < -0.4 is 5.73 Å². The van der Waals surface area contributed by atoms with E-state index in [1.165, 1.54) is 10.9 Å². The number of rotatable bonds is 3. The molecule has 0 saturated heterocycles. The lowest BCUT2D eigenvalue weighted by Gasteiger charge is -2.14. The van der Waals surface area contributed by atoms with Gasteiger partial charge < -0.3 is 10.5 Å². The average Bonchev–Trinajstić information content (AvgIpc) is 3.10. The summed E-state index contributed by atoms with van der Waals surface area (Å²) in [5.74, 6) is 1.75. The first-order chi connectivity index (χ1) is 11.3. The quantitative estimate of drug-likeness (QED) is 0.584. The van der Waals surface area contributed by atoms with E-state index in [2.05, 4.69) is 34.0 Å². The molecule has 2 N–H and O–H groups in total. The molecule has 0 saturated carbocycles. The third-order valence-corrected chi connectivity index (χ3v) is 3.60. The topological polar surface area (TPSA) is 88.0 Å². The van der Waals surface area contributed by atoms with Gasteiger partial charge in [-0.2, -0.15) is 5.10 Å². The van der Waals surface area contributed by atoms with Crippen LogP contribution in [0.3, 0.4) is 0 Å². The zero-order chi connectivity index (χ0) is 17.5. The second-order valence-electron chi connectivity index (χ2n) is 6.59. The van der Waals surface area contributed by atoms with Gasteiger partial charge in [-0.05, 0) is 45.4 Å². The largest absolute Gasteiger partial charge is 0.462 e. The molecule has 0 spiro atoms. The van der Waals surface area contributed by atoms with Gasteiger partial charge in [0.15, 0.2) is 5.82 Å². The first-order valence-corrected chi connectivity index (χ1v) is 7.83. The van der Waals surface area contributed by atoms with Gasteiger partial charge in [0.1, 0.15) is 11.4 Å². The summed E-state index contributed by atoms with van der Waals surface area (Å²) in [5, 5.41) is 9.86. The van der Waals surface area contributed by atoms with E-state index < -0.39 is 0 Å². The number of carbonyl (C=O) groups is 1. The van der Waals surface area contributed by atoms with E-state index in [0.29, 0.717) is 12.3 Å². The Morgan fingerprint density at radius 1 is 1.21 bits per heavy atom. The minimum absolute atomic E-state index is 0.318. The van der Waals surface area contributed by atoms with Gasteiger partial charge in [-0.1, -0.05) is 6.92 Å². The number of carbonyl (C=O) groups excluding carboxylic acids is 1. The van der Waals surface area contributed by atoms with Gasteiger partial charge in [0.05, 0.1) is 16.9 Å². The zero-order valence-electron chi connectivity index (χ0n) is 14.3. The standard InChI is InChI=1S/C12H11N5.C5H10O2/c1-2-7-5-11(13)16(14-7)8-3-4-10-9(6-8)12-15-17(10)12;1-5(2,3)7-4-6/h3-6H,2,13H2,1H3;4H,1-3H3. The maximum absolute atomic E-state index is 9.60. The molecule has 0 fully saturated rings. The van der Waals surface area contributed by atoms with E-state index in [0.717, 1.165) is 23.6 Å². The third-order valence-electron chi connectivity index (χ3n) is 3.60. The van der Waals surface area contributed by atoms with Crippen molar-refractivity contribution in [3.8, 4) is 11.5 Å². The number of hydrogen-bond donors (Lipinski definition) is 1. The summed E-state index contributed by atoms with van der Waals surface area (Å²) in [6.07, 6.45) is 0.891. The van der Waals surface area contributed by atoms with Crippen molar-refractivity contribution in [2.75, 3.05) is 5.73 Å². The first-order valence-electron chi connectivity index (χ1n) is 7.83. The summed E-state index contributed by atoms with van der Waals surface area (Å²) in [7, 11) is 0. The first kappa shape index (κ1) is 16.0. The van der Waals surface area contributed by atoms with Crippen LogP contribution in [0.5, 0.6) is 0 Å². The number of ether oxygens (including phenoxy) is 1. The highest BCUT2D eigenvalue weighted by molar-refractivity contribution is 5.97. The molecular weight excluding hydrogens is 306 g/mol. The van der Waals surface area contributed by atoms with E-state index in [9.17, 15) is 4.79 Å². The molecule has 0 bridgehead atoms. The summed E-state index contributed by atoms with van der Waals surface area (Å²) in [4.78, 5) is 9.60. The van der Waals surface area contributed by atoms with Crippen molar-refractivity contribution in [3.63, 3.8) is 0 Å². The molecule has 0 unspecified atom stereocenters. The average molecular weight is 327 g/mol. The molecule has 0 aliphatic carbocycles. The van der Waals surface area contributed by atoms with Crippen molar-refractivity contribution < 1.29 is 9.53 Å². The van der Waals surface area contributed by atoms with Gasteiger partial charge in [-0.15, -0.1) is 5.10 Å². The number of aromatic nitrogens is 4. The highest BCUT2D eigenvalue weighted by Crippen LogP contribution is 2.35. The number of nitrogen functional groups attached to an aromatic ring is 1. The van der Waals surface area contributed by atoms with Gasteiger partial charge in [0.2, 0.25) is 0 Å². The lowest BCUT2D eigenvalue weighted by Crippen LogP contribution is -2.17. The van der Waals surface area contributed by atoms with Crippen LogP contribution in [0.4, 0.5) is 5.82 Å². The van der Waals surface area contributed by atoms with E-state index in [1.54, 1.807) is 4.68 Å². The summed E-state index contributed by atoms with van der Waals surface area (Å²) >= 11 is 0. The van der Waals surface area contributed by atoms with Gasteiger partial charge in [0.25, 0.3) is 6.47 Å². The number of aryl methyl sites for hydroxylation is 1. The highest BCUT2D eigenvalue weighted by atomic mass is 16.5. The van der Waals surface area contributed by atoms with E-state index >= 15 is 0 Å². The Labute approximate surface area is 140 Å². The summed E-state index contributed by atoms with van der Waals surface area (Å²) in [6, 6.07) is 8.07. The maximum Gasteiger partial charge on any atom is 0.293 e. The molecule has 2 aliphatic heterocycles. The van der Waals surface area contributed by atoms with Crippen LogP contribution >= 0.6 is 0 Å². The number of nitrogens with zero attached hydrogens (tertiary/aromatic N) is 4. The fraction of sp³-hybridized carbons (Fsp3) is 0.353. The Hall–Kier alpha value is -2.83. The van der Waals surface area contributed by atoms with E-state index in [1.807, 2.05) is 37.6 Å². The van der Waals surface area contributed by atoms with Crippen LogP contribution in [0.15, 0.2) is 24.3 Å². The lowest BCUT2D eigenvalue weighted by atomic mass is 10.2. The molecule has 2 aliphatic rings. The fourth-order valence-corrected chi connectivity index (χ4v) is 2.35. The summed E-state index contributed by atoms with van der Waals surface area (Å²) in [5.41, 5.74) is 8.82. The molecule has 2 aromatic rings. The van der Waals surface area contributed by atoms with Crippen molar-refractivity contribution in [1.82, 2.24) is 19.6 Å². The Bertz CT molecular complexity index is 902. The number of nitrogens with two attached hydrogens (primary N) is 1. The molecule has 0 amide bonds. The number of hydrogen-bond acceptors (Lipinski definition) is 5. The molecule has 24 heavy (non-hydrogen) atoms. The minimum Gasteiger partial charge on any atom is -0.462 e. The molecule has 1 aromatic carbocycles. The Kier molecular flexibility index (Phi) is 3.79. The maximum atomic E-state index is 9.60. The molecule has 1 aromatic heterocycles. The molecule has 7 nitrogen and oxygen atoms in total. The van der Waals surface area contributed by atoms with E-state index in [-0.39, 0.29) is 5.60 Å². The van der Waals surface area contributed by atoms with Gasteiger partial charge in [-0.25, -0.2) is 9.36 Å². The van der Waals surface area contributed by atoms with Crippen molar-refractivity contribution in [3.05, 3.63) is 30.0 Å². The molecular formula is C17H21N5O2. The van der Waals surface area contributed by atoms with Gasteiger partial charge in [-0.3, -0.25) is 4.79 Å². The van der Waals surface area contributed by atoms with Crippen LogP contribution in [-0.4, -0.2) is 31.6 Å². The van der Waals surface area contributed by atoms with Gasteiger partial charge in [0, 0.05) is 11.5 Å². The fourth-order valence-electron chi connectivity index (χ4n) is 2.35. The van der Waals surface area contributed by atoms with Crippen LogP contribution in [0.25, 0.3) is 22.4 Å². The normalized spacial score (nSPS) is 11.8. The highest BCUT2D eigenvalue weighted by Gasteiger charge is 2.26. The monoisotopic (exact) mass is 327 g/mol. The van der Waals surface area contributed by atoms with Crippen LogP contribution in [0, 0.1) is 0 Å². The van der Waals surface area contributed by atoms with Crippen LogP contribution in [0.1, 0.15) is 33.4 Å². The van der Waals surface area contributed by atoms with Crippen molar-refractivity contribution in [2.45, 2.75) is 39.7 Å². The molecule has 126 valence electrons.